The van der Waals surface area contributed by atoms with Crippen molar-refractivity contribution in [3.63, 3.8) is 0 Å². The molecule has 1 aliphatic rings. The molecule has 0 aliphatic carbocycles. The molecule has 1 aromatic carbocycles. The van der Waals surface area contributed by atoms with Gasteiger partial charge in [-0.15, -0.1) is 0 Å². The lowest BCUT2D eigenvalue weighted by molar-refractivity contribution is -0.384. The molecule has 8 nitrogen and oxygen atoms in total. The third-order valence-electron chi connectivity index (χ3n) is 4.23. The number of sulfonamides is 1. The zero-order valence-corrected chi connectivity index (χ0v) is 15.1. The van der Waals surface area contributed by atoms with Crippen LogP contribution in [0.4, 0.5) is 11.4 Å². The predicted molar refractivity (Wildman–Crippen MR) is 90.2 cm³/mol. The van der Waals surface area contributed by atoms with Gasteiger partial charge in [-0.1, -0.05) is 13.8 Å². The fourth-order valence-electron chi connectivity index (χ4n) is 3.13. The summed E-state index contributed by atoms with van der Waals surface area (Å²) in [5, 5.41) is 12.5. The van der Waals surface area contributed by atoms with Crippen LogP contribution in [0.15, 0.2) is 23.1 Å². The molecule has 2 rings (SSSR count). The number of nitrogens with zero attached hydrogens (tertiary/aromatic N) is 3. The number of hydrogen-bond acceptors (Lipinski definition) is 6. The molecule has 9 heteroatoms. The number of nitro benzene ring substituents is 1. The fourth-order valence-corrected chi connectivity index (χ4v) is 4.83. The standard InChI is InChI=1S/C15H23N3O5S/c1-11-7-12(2)10-17(9-11)24(21,22)13-5-6-14(16(3)23-4)15(8-13)18(19)20/h5-6,8,11-12H,7,9-10H2,1-4H3. The maximum absolute atomic E-state index is 12.9. The highest BCUT2D eigenvalue weighted by Gasteiger charge is 2.33. The summed E-state index contributed by atoms with van der Waals surface area (Å²) in [5.74, 6) is 0.523. The summed E-state index contributed by atoms with van der Waals surface area (Å²) in [5.41, 5.74) is -0.111. The van der Waals surface area contributed by atoms with Gasteiger partial charge in [0.05, 0.1) is 16.9 Å². The Balaban J connectivity index is 2.44. The van der Waals surface area contributed by atoms with Gasteiger partial charge in [0, 0.05) is 26.2 Å². The van der Waals surface area contributed by atoms with Gasteiger partial charge in [0.2, 0.25) is 10.0 Å². The molecular formula is C15H23N3O5S. The van der Waals surface area contributed by atoms with E-state index in [2.05, 4.69) is 0 Å². The average molecular weight is 357 g/mol. The van der Waals surface area contributed by atoms with Gasteiger partial charge in [-0.05, 0) is 30.4 Å². The maximum atomic E-state index is 12.9. The van der Waals surface area contributed by atoms with Crippen LogP contribution in [0.25, 0.3) is 0 Å². The van der Waals surface area contributed by atoms with E-state index in [1.165, 1.54) is 35.7 Å². The minimum Gasteiger partial charge on any atom is -0.277 e. The quantitative estimate of drug-likeness (QED) is 0.593. The first kappa shape index (κ1) is 18.6. The number of piperidine rings is 1. The second kappa shape index (κ2) is 7.04. The molecule has 0 spiro atoms. The molecule has 0 radical (unpaired) electrons. The monoisotopic (exact) mass is 357 g/mol. The number of hydrogen-bond donors (Lipinski definition) is 0. The summed E-state index contributed by atoms with van der Waals surface area (Å²) >= 11 is 0. The molecule has 2 unspecified atom stereocenters. The van der Waals surface area contributed by atoms with Gasteiger partial charge in [-0.3, -0.25) is 20.0 Å². The molecular weight excluding hydrogens is 334 g/mol. The molecule has 1 heterocycles. The maximum Gasteiger partial charge on any atom is 0.296 e. The number of benzene rings is 1. The molecule has 0 N–H and O–H groups in total. The molecule has 1 aromatic rings. The Kier molecular flexibility index (Phi) is 5.46. The number of anilines is 1. The summed E-state index contributed by atoms with van der Waals surface area (Å²) in [6.07, 6.45) is 0.976. The van der Waals surface area contributed by atoms with Crippen molar-refractivity contribution >= 4 is 21.4 Å². The van der Waals surface area contributed by atoms with Gasteiger partial charge in [0.25, 0.3) is 5.69 Å². The largest absolute Gasteiger partial charge is 0.296 e. The first-order chi connectivity index (χ1) is 11.2. The number of hydroxylamine groups is 1. The van der Waals surface area contributed by atoms with Crippen LogP contribution in [0.5, 0.6) is 0 Å². The molecule has 0 amide bonds. The van der Waals surface area contributed by atoms with Crippen molar-refractivity contribution in [2.24, 2.45) is 11.8 Å². The van der Waals surface area contributed by atoms with Crippen LogP contribution in [0.3, 0.4) is 0 Å². The Morgan fingerprint density at radius 2 is 1.88 bits per heavy atom. The lowest BCUT2D eigenvalue weighted by Crippen LogP contribution is -2.42. The van der Waals surface area contributed by atoms with Gasteiger partial charge < -0.3 is 0 Å². The van der Waals surface area contributed by atoms with Crippen molar-refractivity contribution in [2.45, 2.75) is 25.2 Å². The van der Waals surface area contributed by atoms with Gasteiger partial charge >= 0.3 is 0 Å². The lowest BCUT2D eigenvalue weighted by atomic mass is 9.94. The van der Waals surface area contributed by atoms with Crippen molar-refractivity contribution < 1.29 is 18.2 Å². The second-order valence-electron chi connectivity index (χ2n) is 6.36. The fraction of sp³-hybridized carbons (Fsp3) is 0.600. The van der Waals surface area contributed by atoms with Gasteiger partial charge in [0.1, 0.15) is 5.69 Å². The molecule has 24 heavy (non-hydrogen) atoms. The van der Waals surface area contributed by atoms with E-state index in [9.17, 15) is 18.5 Å². The summed E-state index contributed by atoms with van der Waals surface area (Å²) in [7, 11) is -0.865. The van der Waals surface area contributed by atoms with Gasteiger partial charge in [0.15, 0.2) is 0 Å². The summed E-state index contributed by atoms with van der Waals surface area (Å²) in [4.78, 5) is 15.6. The van der Waals surface area contributed by atoms with E-state index in [0.29, 0.717) is 13.1 Å². The van der Waals surface area contributed by atoms with Crippen LogP contribution in [0, 0.1) is 22.0 Å². The Morgan fingerprint density at radius 1 is 1.29 bits per heavy atom. The summed E-state index contributed by atoms with van der Waals surface area (Å²) < 4.78 is 27.1. The SMILES string of the molecule is CON(C)c1ccc(S(=O)(=O)N2CC(C)CC(C)C2)cc1[N+](=O)[O-]. The molecule has 134 valence electrons. The van der Waals surface area contributed by atoms with E-state index >= 15 is 0 Å². The van der Waals surface area contributed by atoms with E-state index < -0.39 is 14.9 Å². The van der Waals surface area contributed by atoms with Crippen LogP contribution in [-0.4, -0.2) is 44.9 Å². The van der Waals surface area contributed by atoms with E-state index in [0.717, 1.165) is 12.5 Å². The van der Waals surface area contributed by atoms with Crippen LogP contribution in [0.2, 0.25) is 0 Å². The Labute approximate surface area is 142 Å². The molecule has 0 saturated carbocycles. The highest BCUT2D eigenvalue weighted by atomic mass is 32.2. The predicted octanol–water partition coefficient (Wildman–Crippen LogP) is 2.26. The Hall–Kier alpha value is -1.71. The smallest absolute Gasteiger partial charge is 0.277 e. The van der Waals surface area contributed by atoms with E-state index in [1.54, 1.807) is 0 Å². The minimum atomic E-state index is -3.76. The van der Waals surface area contributed by atoms with Crippen LogP contribution < -0.4 is 5.06 Å². The highest BCUT2D eigenvalue weighted by molar-refractivity contribution is 7.89. The zero-order chi connectivity index (χ0) is 18.1. The van der Waals surface area contributed by atoms with E-state index in [1.807, 2.05) is 13.8 Å². The first-order valence-electron chi connectivity index (χ1n) is 7.73. The van der Waals surface area contributed by atoms with Crippen molar-refractivity contribution in [2.75, 3.05) is 32.3 Å². The number of nitro groups is 1. The molecule has 1 saturated heterocycles. The molecule has 0 bridgehead atoms. The average Bonchev–Trinajstić information content (AvgIpc) is 2.52. The molecule has 0 aromatic heterocycles. The van der Waals surface area contributed by atoms with E-state index in [-0.39, 0.29) is 28.1 Å². The van der Waals surface area contributed by atoms with Crippen LogP contribution in [-0.2, 0) is 14.9 Å². The van der Waals surface area contributed by atoms with Gasteiger partial charge in [-0.25, -0.2) is 8.42 Å². The minimum absolute atomic E-state index is 0.0660. The van der Waals surface area contributed by atoms with E-state index in [4.69, 9.17) is 4.84 Å². The van der Waals surface area contributed by atoms with Crippen molar-refractivity contribution in [3.8, 4) is 0 Å². The lowest BCUT2D eigenvalue weighted by Gasteiger charge is -2.34. The Morgan fingerprint density at radius 3 is 2.38 bits per heavy atom. The van der Waals surface area contributed by atoms with Crippen LogP contribution >= 0.6 is 0 Å². The number of rotatable bonds is 5. The molecule has 1 fully saturated rings. The van der Waals surface area contributed by atoms with Crippen LogP contribution in [0.1, 0.15) is 20.3 Å². The first-order valence-corrected chi connectivity index (χ1v) is 9.17. The van der Waals surface area contributed by atoms with Crippen molar-refractivity contribution in [1.29, 1.82) is 0 Å². The third-order valence-corrected chi connectivity index (χ3v) is 6.06. The molecule has 2 atom stereocenters. The normalized spacial score (nSPS) is 22.3. The zero-order valence-electron chi connectivity index (χ0n) is 14.3. The second-order valence-corrected chi connectivity index (χ2v) is 8.29. The Bertz CT molecular complexity index is 712. The third kappa shape index (κ3) is 3.68. The molecule has 1 aliphatic heterocycles. The highest BCUT2D eigenvalue weighted by Crippen LogP contribution is 2.33. The van der Waals surface area contributed by atoms with Crippen molar-refractivity contribution in [1.82, 2.24) is 4.31 Å². The summed E-state index contributed by atoms with van der Waals surface area (Å²) in [6.45, 7) is 4.88. The van der Waals surface area contributed by atoms with Gasteiger partial charge in [-0.2, -0.15) is 4.31 Å². The summed E-state index contributed by atoms with van der Waals surface area (Å²) in [6, 6.07) is 3.88. The van der Waals surface area contributed by atoms with Crippen molar-refractivity contribution in [3.05, 3.63) is 28.3 Å². The topological polar surface area (TPSA) is 93.0 Å².